The number of amides is 1. The molecule has 0 aliphatic carbocycles. The number of nitro groups is 1. The average molecular weight is 422 g/mol. The van der Waals surface area contributed by atoms with Crippen molar-refractivity contribution in [1.29, 1.82) is 0 Å². The summed E-state index contributed by atoms with van der Waals surface area (Å²) in [6, 6.07) is 7.33. The molecule has 2 N–H and O–H groups in total. The molecule has 0 aliphatic heterocycles. The molecular weight excluding hydrogens is 406 g/mol. The maximum atomic E-state index is 11.8. The molecule has 0 unspecified atom stereocenters. The number of benzene rings is 2. The van der Waals surface area contributed by atoms with Gasteiger partial charge in [0.2, 0.25) is 0 Å². The number of nitrogens with zero attached hydrogens (tertiary/aromatic N) is 2. The summed E-state index contributed by atoms with van der Waals surface area (Å²) in [6.07, 6.45) is 1.09. The Hall–Kier alpha value is -2.94. The Morgan fingerprint density at radius 3 is 2.77 bits per heavy atom. The van der Waals surface area contributed by atoms with Gasteiger partial charge in [-0.05, 0) is 59.1 Å². The second-order valence-corrected chi connectivity index (χ2v) is 6.33. The third-order valence-corrected chi connectivity index (χ3v) is 3.91. The molecule has 0 saturated heterocycles. The van der Waals surface area contributed by atoms with Crippen molar-refractivity contribution in [3.05, 3.63) is 61.6 Å². The Morgan fingerprint density at radius 2 is 2.12 bits per heavy atom. The van der Waals surface area contributed by atoms with Gasteiger partial charge < -0.3 is 9.84 Å². The lowest BCUT2D eigenvalue weighted by Crippen LogP contribution is -2.25. The molecule has 0 aromatic heterocycles. The normalized spacial score (nSPS) is 10.7. The molecule has 0 heterocycles. The Bertz CT molecular complexity index is 860. The highest BCUT2D eigenvalue weighted by atomic mass is 79.9. The monoisotopic (exact) mass is 421 g/mol. The smallest absolute Gasteiger partial charge is 0.278 e. The van der Waals surface area contributed by atoms with E-state index in [1.807, 2.05) is 26.0 Å². The van der Waals surface area contributed by atoms with Crippen molar-refractivity contribution >= 4 is 33.7 Å². The average Bonchev–Trinajstić information content (AvgIpc) is 2.53. The number of aryl methyl sites for hydroxylation is 2. The van der Waals surface area contributed by atoms with Crippen LogP contribution in [0.1, 0.15) is 16.7 Å². The van der Waals surface area contributed by atoms with Crippen LogP contribution in [0, 0.1) is 24.0 Å². The minimum atomic E-state index is -0.608. The van der Waals surface area contributed by atoms with Gasteiger partial charge in [0, 0.05) is 6.07 Å². The minimum absolute atomic E-state index is 0.0633. The number of hydrogen-bond acceptors (Lipinski definition) is 6. The van der Waals surface area contributed by atoms with Gasteiger partial charge in [0.25, 0.3) is 11.6 Å². The van der Waals surface area contributed by atoms with Gasteiger partial charge in [0.15, 0.2) is 6.61 Å². The molecule has 2 aromatic rings. The molecule has 0 fully saturated rings. The number of halogens is 1. The molecule has 2 aromatic carbocycles. The van der Waals surface area contributed by atoms with Crippen molar-refractivity contribution in [2.24, 2.45) is 5.10 Å². The standard InChI is InChI=1S/C17H16BrN3O5/c1-10-5-11(2)17(14(18)6-10)26-9-16(23)20-19-8-12-7-13(22)3-4-15(12)21(24)25/h3-8,22H,9H2,1-2H3,(H,20,23). The maximum absolute atomic E-state index is 11.8. The van der Waals surface area contributed by atoms with Crippen LogP contribution in [0.4, 0.5) is 5.69 Å². The molecule has 136 valence electrons. The number of hydrazone groups is 1. The summed E-state index contributed by atoms with van der Waals surface area (Å²) >= 11 is 3.39. The van der Waals surface area contributed by atoms with Crippen LogP contribution in [-0.2, 0) is 4.79 Å². The van der Waals surface area contributed by atoms with E-state index in [1.54, 1.807) is 0 Å². The predicted molar refractivity (Wildman–Crippen MR) is 99.6 cm³/mol. The second-order valence-electron chi connectivity index (χ2n) is 5.47. The van der Waals surface area contributed by atoms with E-state index < -0.39 is 10.8 Å². The van der Waals surface area contributed by atoms with Crippen molar-refractivity contribution in [2.45, 2.75) is 13.8 Å². The molecule has 0 radical (unpaired) electrons. The molecule has 0 atom stereocenters. The van der Waals surface area contributed by atoms with Crippen LogP contribution >= 0.6 is 15.9 Å². The second kappa shape index (κ2) is 8.43. The summed E-state index contributed by atoms with van der Waals surface area (Å²) in [5, 5.41) is 24.0. The number of hydrogen-bond donors (Lipinski definition) is 2. The summed E-state index contributed by atoms with van der Waals surface area (Å²) in [7, 11) is 0. The van der Waals surface area contributed by atoms with Crippen LogP contribution in [0.2, 0.25) is 0 Å². The molecule has 0 bridgehead atoms. The van der Waals surface area contributed by atoms with E-state index in [4.69, 9.17) is 4.74 Å². The summed E-state index contributed by atoms with van der Waals surface area (Å²) in [6.45, 7) is 3.54. The van der Waals surface area contributed by atoms with Gasteiger partial charge in [0.05, 0.1) is 21.2 Å². The molecule has 26 heavy (non-hydrogen) atoms. The van der Waals surface area contributed by atoms with E-state index in [-0.39, 0.29) is 23.6 Å². The fraction of sp³-hybridized carbons (Fsp3) is 0.176. The fourth-order valence-electron chi connectivity index (χ4n) is 2.24. The van der Waals surface area contributed by atoms with E-state index >= 15 is 0 Å². The lowest BCUT2D eigenvalue weighted by atomic mass is 10.1. The molecule has 0 spiro atoms. The van der Waals surface area contributed by atoms with Gasteiger partial charge in [-0.25, -0.2) is 5.43 Å². The lowest BCUT2D eigenvalue weighted by molar-refractivity contribution is -0.385. The number of nitro benzene ring substituents is 1. The van der Waals surface area contributed by atoms with Crippen LogP contribution < -0.4 is 10.2 Å². The van der Waals surface area contributed by atoms with E-state index in [0.717, 1.165) is 27.9 Å². The number of carbonyl (C=O) groups is 1. The quantitative estimate of drug-likeness (QED) is 0.422. The van der Waals surface area contributed by atoms with Crippen molar-refractivity contribution < 1.29 is 19.6 Å². The number of rotatable bonds is 6. The molecule has 0 aliphatic rings. The van der Waals surface area contributed by atoms with Gasteiger partial charge in [-0.1, -0.05) is 6.07 Å². The third kappa shape index (κ3) is 5.03. The summed E-state index contributed by atoms with van der Waals surface area (Å²) in [5.74, 6) is -0.124. The van der Waals surface area contributed by atoms with Crippen molar-refractivity contribution in [3.8, 4) is 11.5 Å². The number of phenols is 1. The maximum Gasteiger partial charge on any atom is 0.278 e. The molecule has 1 amide bonds. The molecule has 8 nitrogen and oxygen atoms in total. The Morgan fingerprint density at radius 1 is 1.38 bits per heavy atom. The first kappa shape index (κ1) is 19.4. The number of carbonyl (C=O) groups excluding carboxylic acids is 1. The van der Waals surface area contributed by atoms with Gasteiger partial charge >= 0.3 is 0 Å². The van der Waals surface area contributed by atoms with E-state index in [2.05, 4.69) is 26.5 Å². The van der Waals surface area contributed by atoms with Crippen LogP contribution in [0.3, 0.4) is 0 Å². The van der Waals surface area contributed by atoms with Gasteiger partial charge in [-0.3, -0.25) is 14.9 Å². The van der Waals surface area contributed by atoms with E-state index in [9.17, 15) is 20.0 Å². The zero-order chi connectivity index (χ0) is 19.3. The molecule has 2 rings (SSSR count). The summed E-state index contributed by atoms with van der Waals surface area (Å²) in [5.41, 5.74) is 3.98. The minimum Gasteiger partial charge on any atom is -0.508 e. The highest BCUT2D eigenvalue weighted by molar-refractivity contribution is 9.10. The van der Waals surface area contributed by atoms with Gasteiger partial charge in [0.1, 0.15) is 11.5 Å². The fourth-order valence-corrected chi connectivity index (χ4v) is 3.03. The Labute approximate surface area is 157 Å². The first-order valence-corrected chi connectivity index (χ1v) is 8.26. The first-order chi connectivity index (χ1) is 12.3. The van der Waals surface area contributed by atoms with Crippen molar-refractivity contribution in [2.75, 3.05) is 6.61 Å². The molecular formula is C17H16BrN3O5. The van der Waals surface area contributed by atoms with Crippen LogP contribution in [0.25, 0.3) is 0 Å². The summed E-state index contributed by atoms with van der Waals surface area (Å²) in [4.78, 5) is 22.2. The molecule has 9 heteroatoms. The predicted octanol–water partition coefficient (Wildman–Crippen LogP) is 3.21. The highest BCUT2D eigenvalue weighted by Crippen LogP contribution is 2.30. The van der Waals surface area contributed by atoms with Crippen LogP contribution in [0.5, 0.6) is 11.5 Å². The van der Waals surface area contributed by atoms with Crippen LogP contribution in [-0.4, -0.2) is 28.8 Å². The Balaban J connectivity index is 1.99. The SMILES string of the molecule is Cc1cc(C)c(OCC(=O)NN=Cc2cc(O)ccc2[N+](=O)[O-])c(Br)c1. The van der Waals surface area contributed by atoms with E-state index in [1.165, 1.54) is 12.1 Å². The zero-order valence-electron chi connectivity index (χ0n) is 14.0. The topological polar surface area (TPSA) is 114 Å². The van der Waals surface area contributed by atoms with Gasteiger partial charge in [-0.2, -0.15) is 5.10 Å². The number of nitrogens with one attached hydrogen (secondary N) is 1. The third-order valence-electron chi connectivity index (χ3n) is 3.32. The number of phenolic OH excluding ortho intramolecular Hbond substituents is 1. The van der Waals surface area contributed by atoms with Crippen LogP contribution in [0.15, 0.2) is 39.9 Å². The zero-order valence-corrected chi connectivity index (χ0v) is 15.6. The van der Waals surface area contributed by atoms with Gasteiger partial charge in [-0.15, -0.1) is 0 Å². The number of ether oxygens (including phenoxy) is 1. The largest absolute Gasteiger partial charge is 0.508 e. The highest BCUT2D eigenvalue weighted by Gasteiger charge is 2.13. The molecule has 0 saturated carbocycles. The summed E-state index contributed by atoms with van der Waals surface area (Å²) < 4.78 is 6.22. The van der Waals surface area contributed by atoms with Crippen molar-refractivity contribution in [1.82, 2.24) is 5.43 Å². The van der Waals surface area contributed by atoms with Crippen molar-refractivity contribution in [3.63, 3.8) is 0 Å². The lowest BCUT2D eigenvalue weighted by Gasteiger charge is -2.11. The van der Waals surface area contributed by atoms with E-state index in [0.29, 0.717) is 5.75 Å². The first-order valence-electron chi connectivity index (χ1n) is 7.47. The Kier molecular flexibility index (Phi) is 6.29. The number of aromatic hydroxyl groups is 1.